The SMILES string of the molecule is Cc1cccc(C2c3cccn3CCCN2Cc2cc(Cl)ccc2O)c1. The second-order valence-corrected chi connectivity index (χ2v) is 7.48. The lowest BCUT2D eigenvalue weighted by Crippen LogP contribution is -2.29. The molecule has 0 saturated carbocycles. The molecule has 0 spiro atoms. The minimum absolute atomic E-state index is 0.158. The maximum Gasteiger partial charge on any atom is 0.120 e. The van der Waals surface area contributed by atoms with Gasteiger partial charge in [0.05, 0.1) is 6.04 Å². The normalized spacial score (nSPS) is 17.7. The number of halogens is 1. The molecule has 1 aliphatic heterocycles. The van der Waals surface area contributed by atoms with Gasteiger partial charge >= 0.3 is 0 Å². The molecule has 1 aliphatic rings. The number of fused-ring (bicyclic) bond motifs is 1. The van der Waals surface area contributed by atoms with Crippen LogP contribution < -0.4 is 0 Å². The number of aromatic nitrogens is 1. The van der Waals surface area contributed by atoms with Crippen molar-refractivity contribution in [3.05, 3.63) is 88.2 Å². The van der Waals surface area contributed by atoms with Crippen LogP contribution in [0.25, 0.3) is 0 Å². The molecule has 1 N–H and O–H groups in total. The molecule has 1 unspecified atom stereocenters. The maximum absolute atomic E-state index is 10.3. The number of phenols is 1. The van der Waals surface area contributed by atoms with E-state index in [0.29, 0.717) is 17.3 Å². The van der Waals surface area contributed by atoms with Crippen LogP contribution in [0.15, 0.2) is 60.8 Å². The Labute approximate surface area is 159 Å². The number of aromatic hydroxyl groups is 1. The fraction of sp³-hybridized carbons (Fsp3) is 0.273. The van der Waals surface area contributed by atoms with E-state index in [2.05, 4.69) is 59.0 Å². The van der Waals surface area contributed by atoms with Crippen LogP contribution in [0.4, 0.5) is 0 Å². The first-order valence-corrected chi connectivity index (χ1v) is 9.42. The highest BCUT2D eigenvalue weighted by Gasteiger charge is 2.28. The van der Waals surface area contributed by atoms with Crippen molar-refractivity contribution in [2.75, 3.05) is 6.54 Å². The Morgan fingerprint density at radius 3 is 2.81 bits per heavy atom. The lowest BCUT2D eigenvalue weighted by Gasteiger charge is -2.31. The van der Waals surface area contributed by atoms with E-state index in [9.17, 15) is 5.11 Å². The average molecular weight is 367 g/mol. The van der Waals surface area contributed by atoms with Gasteiger partial charge in [-0.25, -0.2) is 0 Å². The summed E-state index contributed by atoms with van der Waals surface area (Å²) in [5.74, 6) is 0.303. The van der Waals surface area contributed by atoms with Crippen molar-refractivity contribution in [3.8, 4) is 5.75 Å². The van der Waals surface area contributed by atoms with Crippen molar-refractivity contribution in [2.45, 2.75) is 32.5 Å². The number of hydrogen-bond donors (Lipinski definition) is 1. The predicted molar refractivity (Wildman–Crippen MR) is 106 cm³/mol. The summed E-state index contributed by atoms with van der Waals surface area (Å²) in [5, 5.41) is 11.0. The van der Waals surface area contributed by atoms with E-state index < -0.39 is 0 Å². The standard InChI is InChI=1S/C22H23ClN2O/c1-16-5-2-6-17(13-16)22-20-7-3-10-24(20)11-4-12-25(22)15-18-14-19(23)8-9-21(18)26/h2-3,5-10,13-14,22,26H,4,11-12,15H2,1H3. The van der Waals surface area contributed by atoms with Crippen LogP contribution in [-0.2, 0) is 13.1 Å². The lowest BCUT2D eigenvalue weighted by atomic mass is 9.99. The molecule has 4 rings (SSSR count). The highest BCUT2D eigenvalue weighted by atomic mass is 35.5. The number of nitrogens with zero attached hydrogens (tertiary/aromatic N) is 2. The van der Waals surface area contributed by atoms with Gasteiger partial charge in [-0.2, -0.15) is 0 Å². The highest BCUT2D eigenvalue weighted by molar-refractivity contribution is 6.30. The molecule has 1 atom stereocenters. The van der Waals surface area contributed by atoms with Crippen molar-refractivity contribution in [3.63, 3.8) is 0 Å². The Morgan fingerprint density at radius 2 is 1.96 bits per heavy atom. The zero-order chi connectivity index (χ0) is 18.1. The van der Waals surface area contributed by atoms with Crippen molar-refractivity contribution < 1.29 is 5.11 Å². The van der Waals surface area contributed by atoms with Crippen LogP contribution in [0.5, 0.6) is 5.75 Å². The van der Waals surface area contributed by atoms with Crippen LogP contribution in [-0.4, -0.2) is 21.1 Å². The summed E-state index contributed by atoms with van der Waals surface area (Å²) in [6.45, 7) is 4.78. The van der Waals surface area contributed by atoms with Crippen LogP contribution >= 0.6 is 11.6 Å². The van der Waals surface area contributed by atoms with Crippen LogP contribution in [0.1, 0.15) is 34.8 Å². The lowest BCUT2D eigenvalue weighted by molar-refractivity contribution is 0.217. The second-order valence-electron chi connectivity index (χ2n) is 7.04. The van der Waals surface area contributed by atoms with E-state index in [0.717, 1.165) is 25.1 Å². The maximum atomic E-state index is 10.3. The number of aryl methyl sites for hydroxylation is 2. The topological polar surface area (TPSA) is 28.4 Å². The molecule has 3 nitrogen and oxygen atoms in total. The number of hydrogen-bond acceptors (Lipinski definition) is 2. The van der Waals surface area contributed by atoms with Gasteiger partial charge in [-0.3, -0.25) is 4.90 Å². The molecule has 0 saturated heterocycles. The zero-order valence-electron chi connectivity index (χ0n) is 14.9. The van der Waals surface area contributed by atoms with Crippen molar-refractivity contribution in [2.24, 2.45) is 0 Å². The first-order chi connectivity index (χ1) is 12.6. The summed E-state index contributed by atoms with van der Waals surface area (Å²) in [5.41, 5.74) is 4.72. The molecule has 3 aromatic rings. The van der Waals surface area contributed by atoms with Gasteiger partial charge < -0.3 is 9.67 Å². The van der Waals surface area contributed by atoms with Gasteiger partial charge in [-0.1, -0.05) is 41.4 Å². The van der Waals surface area contributed by atoms with Gasteiger partial charge in [-0.15, -0.1) is 0 Å². The molecule has 0 fully saturated rings. The second kappa shape index (κ2) is 7.18. The Hall–Kier alpha value is -2.23. The molecule has 4 heteroatoms. The van der Waals surface area contributed by atoms with Gasteiger partial charge in [-0.05, 0) is 49.2 Å². The Bertz CT molecular complexity index is 918. The largest absolute Gasteiger partial charge is 0.508 e. The summed E-state index contributed by atoms with van der Waals surface area (Å²) < 4.78 is 2.35. The summed E-state index contributed by atoms with van der Waals surface area (Å²) >= 11 is 6.17. The molecule has 2 aromatic carbocycles. The van der Waals surface area contributed by atoms with E-state index in [-0.39, 0.29) is 6.04 Å². The number of benzene rings is 2. The van der Waals surface area contributed by atoms with Gasteiger partial charge in [0.25, 0.3) is 0 Å². The Balaban J connectivity index is 1.77. The van der Waals surface area contributed by atoms with E-state index in [1.54, 1.807) is 12.1 Å². The van der Waals surface area contributed by atoms with E-state index in [4.69, 9.17) is 11.6 Å². The van der Waals surface area contributed by atoms with Gasteiger partial charge in [0, 0.05) is 42.1 Å². The third-order valence-corrected chi connectivity index (χ3v) is 5.36. The molecule has 26 heavy (non-hydrogen) atoms. The minimum Gasteiger partial charge on any atom is -0.508 e. The number of phenolic OH excluding ortho intramolecular Hbond substituents is 1. The fourth-order valence-electron chi connectivity index (χ4n) is 3.93. The monoisotopic (exact) mass is 366 g/mol. The molecule has 134 valence electrons. The zero-order valence-corrected chi connectivity index (χ0v) is 15.7. The molecule has 0 aliphatic carbocycles. The van der Waals surface area contributed by atoms with Crippen molar-refractivity contribution >= 4 is 11.6 Å². The summed E-state index contributed by atoms with van der Waals surface area (Å²) in [4.78, 5) is 2.44. The quantitative estimate of drug-likeness (QED) is 0.694. The minimum atomic E-state index is 0.158. The van der Waals surface area contributed by atoms with E-state index >= 15 is 0 Å². The van der Waals surface area contributed by atoms with Gasteiger partial charge in [0.15, 0.2) is 0 Å². The third-order valence-electron chi connectivity index (χ3n) is 5.13. The molecular formula is C22H23ClN2O. The van der Waals surface area contributed by atoms with Crippen molar-refractivity contribution in [1.29, 1.82) is 0 Å². The Kier molecular flexibility index (Phi) is 4.75. The molecule has 2 heterocycles. The van der Waals surface area contributed by atoms with Crippen molar-refractivity contribution in [1.82, 2.24) is 9.47 Å². The fourth-order valence-corrected chi connectivity index (χ4v) is 4.13. The highest BCUT2D eigenvalue weighted by Crippen LogP contribution is 2.35. The smallest absolute Gasteiger partial charge is 0.120 e. The van der Waals surface area contributed by atoms with E-state index in [1.807, 2.05) is 6.07 Å². The predicted octanol–water partition coefficient (Wildman–Crippen LogP) is 5.15. The van der Waals surface area contributed by atoms with Gasteiger partial charge in [0.1, 0.15) is 5.75 Å². The first-order valence-electron chi connectivity index (χ1n) is 9.05. The molecule has 0 bridgehead atoms. The van der Waals surface area contributed by atoms with Crippen LogP contribution in [0, 0.1) is 6.92 Å². The summed E-state index contributed by atoms with van der Waals surface area (Å²) in [7, 11) is 0. The third kappa shape index (κ3) is 3.37. The first kappa shape index (κ1) is 17.2. The summed E-state index contributed by atoms with van der Waals surface area (Å²) in [6, 6.07) is 18.5. The molecule has 1 aromatic heterocycles. The van der Waals surface area contributed by atoms with Gasteiger partial charge in [0.2, 0.25) is 0 Å². The Morgan fingerprint density at radius 1 is 1.08 bits per heavy atom. The average Bonchev–Trinajstić information content (AvgIpc) is 2.99. The molecular weight excluding hydrogens is 344 g/mol. The van der Waals surface area contributed by atoms with Crippen LogP contribution in [0.2, 0.25) is 5.02 Å². The van der Waals surface area contributed by atoms with E-state index in [1.165, 1.54) is 16.8 Å². The molecule has 0 amide bonds. The molecule has 0 radical (unpaired) electrons. The number of rotatable bonds is 3. The van der Waals surface area contributed by atoms with Crippen LogP contribution in [0.3, 0.4) is 0 Å². The summed E-state index contributed by atoms with van der Waals surface area (Å²) in [6.07, 6.45) is 3.24.